The summed E-state index contributed by atoms with van der Waals surface area (Å²) < 4.78 is 27.5. The standard InChI is InChI=1S/C32H36BrCl2N3O4S/c1-43(41,42)38(29-21-26(34)16-17-28(29)35)18-8-15-31(39)37(22-24-11-7-12-25(33)19-24)30(20-23-9-3-2-4-10-23)32(40)36-27-13-5-6-14-27/h2-4,7,9-12,16-17,19,21,27,30H,5-6,8,13-15,18,20,22H2,1H3,(H,36,40)/t30-/m1/s1. The lowest BCUT2D eigenvalue weighted by atomic mass is 10.0. The van der Waals surface area contributed by atoms with Crippen LogP contribution in [0.25, 0.3) is 0 Å². The van der Waals surface area contributed by atoms with Gasteiger partial charge in [-0.2, -0.15) is 0 Å². The van der Waals surface area contributed by atoms with Crippen LogP contribution in [0.1, 0.15) is 49.7 Å². The predicted molar refractivity (Wildman–Crippen MR) is 177 cm³/mol. The van der Waals surface area contributed by atoms with Gasteiger partial charge in [-0.25, -0.2) is 8.42 Å². The van der Waals surface area contributed by atoms with Gasteiger partial charge in [-0.3, -0.25) is 13.9 Å². The Hall–Kier alpha value is -2.59. The van der Waals surface area contributed by atoms with Gasteiger partial charge in [0.1, 0.15) is 6.04 Å². The van der Waals surface area contributed by atoms with Crippen LogP contribution in [-0.4, -0.2) is 50.0 Å². The van der Waals surface area contributed by atoms with Crippen molar-refractivity contribution in [1.82, 2.24) is 10.2 Å². The maximum Gasteiger partial charge on any atom is 0.243 e. The minimum absolute atomic E-state index is 0.0208. The maximum absolute atomic E-state index is 14.0. The molecule has 0 unspecified atom stereocenters. The largest absolute Gasteiger partial charge is 0.352 e. The van der Waals surface area contributed by atoms with Crippen LogP contribution in [0.5, 0.6) is 0 Å². The molecule has 0 bridgehead atoms. The van der Waals surface area contributed by atoms with E-state index in [9.17, 15) is 18.0 Å². The van der Waals surface area contributed by atoms with Gasteiger partial charge in [0.25, 0.3) is 0 Å². The van der Waals surface area contributed by atoms with Crippen LogP contribution in [0.4, 0.5) is 5.69 Å². The number of rotatable bonds is 13. The quantitative estimate of drug-likeness (QED) is 0.207. The number of nitrogens with one attached hydrogen (secondary N) is 1. The molecule has 1 aliphatic rings. The molecule has 1 atom stereocenters. The van der Waals surface area contributed by atoms with Gasteiger partial charge in [0.05, 0.1) is 17.0 Å². The van der Waals surface area contributed by atoms with E-state index in [-0.39, 0.29) is 54.5 Å². The molecule has 1 fully saturated rings. The molecule has 0 saturated heterocycles. The van der Waals surface area contributed by atoms with E-state index >= 15 is 0 Å². The molecule has 0 spiro atoms. The van der Waals surface area contributed by atoms with Crippen LogP contribution in [-0.2, 0) is 32.6 Å². The van der Waals surface area contributed by atoms with Crippen LogP contribution in [0, 0.1) is 0 Å². The number of anilines is 1. The highest BCUT2D eigenvalue weighted by atomic mass is 79.9. The molecule has 4 rings (SSSR count). The Morgan fingerprint density at radius 2 is 1.67 bits per heavy atom. The Labute approximate surface area is 272 Å². The number of hydrogen-bond acceptors (Lipinski definition) is 4. The molecule has 3 aromatic rings. The predicted octanol–water partition coefficient (Wildman–Crippen LogP) is 7.00. The van der Waals surface area contributed by atoms with Crippen molar-refractivity contribution in [2.45, 2.75) is 63.6 Å². The van der Waals surface area contributed by atoms with Crippen molar-refractivity contribution in [2.75, 3.05) is 17.1 Å². The number of carbonyl (C=O) groups excluding carboxylic acids is 2. The first kappa shape index (κ1) is 33.3. The highest BCUT2D eigenvalue weighted by Gasteiger charge is 2.32. The number of nitrogens with zero attached hydrogens (tertiary/aromatic N) is 2. The highest BCUT2D eigenvalue weighted by Crippen LogP contribution is 2.31. The van der Waals surface area contributed by atoms with E-state index < -0.39 is 16.1 Å². The van der Waals surface area contributed by atoms with Crippen molar-refractivity contribution < 1.29 is 18.0 Å². The number of sulfonamides is 1. The summed E-state index contributed by atoms with van der Waals surface area (Å²) in [7, 11) is -3.72. The van der Waals surface area contributed by atoms with Gasteiger partial charge in [-0.1, -0.05) is 94.4 Å². The lowest BCUT2D eigenvalue weighted by molar-refractivity contribution is -0.141. The maximum atomic E-state index is 14.0. The van der Waals surface area contributed by atoms with Crippen LogP contribution >= 0.6 is 39.1 Å². The molecule has 0 heterocycles. The topological polar surface area (TPSA) is 86.8 Å². The number of carbonyl (C=O) groups is 2. The van der Waals surface area contributed by atoms with Crippen LogP contribution in [0.2, 0.25) is 10.0 Å². The minimum atomic E-state index is -3.72. The molecule has 1 N–H and O–H groups in total. The van der Waals surface area contributed by atoms with E-state index in [0.717, 1.165) is 47.5 Å². The Bertz CT molecular complexity index is 1520. The summed E-state index contributed by atoms with van der Waals surface area (Å²) in [4.78, 5) is 29.5. The number of amides is 2. The summed E-state index contributed by atoms with van der Waals surface area (Å²) in [6.07, 6.45) is 5.69. The Balaban J connectivity index is 1.60. The third kappa shape index (κ3) is 9.70. The Morgan fingerprint density at radius 1 is 0.977 bits per heavy atom. The van der Waals surface area contributed by atoms with Crippen molar-refractivity contribution in [1.29, 1.82) is 0 Å². The fourth-order valence-electron chi connectivity index (χ4n) is 5.41. The summed E-state index contributed by atoms with van der Waals surface area (Å²) in [5, 5.41) is 3.79. The molecule has 11 heteroatoms. The lowest BCUT2D eigenvalue weighted by Crippen LogP contribution is -2.52. The number of hydrogen-bond donors (Lipinski definition) is 1. The zero-order chi connectivity index (χ0) is 31.0. The fraction of sp³-hybridized carbons (Fsp3) is 0.375. The monoisotopic (exact) mass is 707 g/mol. The zero-order valence-electron chi connectivity index (χ0n) is 24.0. The average Bonchev–Trinajstić information content (AvgIpc) is 3.47. The van der Waals surface area contributed by atoms with Crippen molar-refractivity contribution >= 4 is 66.7 Å². The molecule has 7 nitrogen and oxygen atoms in total. The molecule has 0 aliphatic heterocycles. The van der Waals surface area contributed by atoms with Gasteiger partial charge in [-0.15, -0.1) is 0 Å². The second-order valence-electron chi connectivity index (χ2n) is 10.9. The molecule has 2 amide bonds. The summed E-state index contributed by atoms with van der Waals surface area (Å²) in [6.45, 7) is 0.247. The Morgan fingerprint density at radius 3 is 2.35 bits per heavy atom. The average molecular weight is 710 g/mol. The molecular weight excluding hydrogens is 673 g/mol. The fourth-order valence-corrected chi connectivity index (χ4v) is 7.26. The molecular formula is C32H36BrCl2N3O4S. The van der Waals surface area contributed by atoms with Crippen molar-refractivity contribution in [3.8, 4) is 0 Å². The van der Waals surface area contributed by atoms with Crippen molar-refractivity contribution in [3.05, 3.63) is 98.4 Å². The number of halogens is 3. The van der Waals surface area contributed by atoms with Crippen LogP contribution < -0.4 is 9.62 Å². The second kappa shape index (κ2) is 15.4. The third-order valence-corrected chi connectivity index (χ3v) is 9.77. The second-order valence-corrected chi connectivity index (χ2v) is 14.5. The molecule has 230 valence electrons. The molecule has 1 saturated carbocycles. The first-order chi connectivity index (χ1) is 20.5. The van der Waals surface area contributed by atoms with Gasteiger partial charge >= 0.3 is 0 Å². The Kier molecular flexibility index (Phi) is 11.9. The van der Waals surface area contributed by atoms with E-state index in [1.807, 2.05) is 54.6 Å². The molecule has 0 radical (unpaired) electrons. The zero-order valence-corrected chi connectivity index (χ0v) is 27.9. The normalized spacial score (nSPS) is 14.3. The first-order valence-electron chi connectivity index (χ1n) is 14.3. The summed E-state index contributed by atoms with van der Waals surface area (Å²) in [5.41, 5.74) is 2.07. The van der Waals surface area contributed by atoms with Crippen molar-refractivity contribution in [2.24, 2.45) is 0 Å². The third-order valence-electron chi connectivity index (χ3n) is 7.54. The summed E-state index contributed by atoms with van der Waals surface area (Å²) in [5.74, 6) is -0.421. The first-order valence-corrected chi connectivity index (χ1v) is 17.7. The smallest absolute Gasteiger partial charge is 0.243 e. The van der Waals surface area contributed by atoms with Crippen LogP contribution in [0.3, 0.4) is 0 Å². The van der Waals surface area contributed by atoms with Gasteiger partial charge in [0.2, 0.25) is 21.8 Å². The molecule has 0 aromatic heterocycles. The SMILES string of the molecule is CS(=O)(=O)N(CCCC(=O)N(Cc1cccc(Br)c1)[C@H](Cc1ccccc1)C(=O)NC1CCCC1)c1cc(Cl)ccc1Cl. The highest BCUT2D eigenvalue weighted by molar-refractivity contribution is 9.10. The summed E-state index contributed by atoms with van der Waals surface area (Å²) in [6, 6.07) is 21.3. The van der Waals surface area contributed by atoms with Gasteiger partial charge in [0, 0.05) is 41.5 Å². The van der Waals surface area contributed by atoms with E-state index in [2.05, 4.69) is 21.2 Å². The van der Waals surface area contributed by atoms with E-state index in [1.165, 1.54) is 10.4 Å². The van der Waals surface area contributed by atoms with Crippen molar-refractivity contribution in [3.63, 3.8) is 0 Å². The van der Waals surface area contributed by atoms with Gasteiger partial charge in [0.15, 0.2) is 0 Å². The van der Waals surface area contributed by atoms with Crippen LogP contribution in [0.15, 0.2) is 77.3 Å². The van der Waals surface area contributed by atoms with E-state index in [4.69, 9.17) is 23.2 Å². The number of benzene rings is 3. The summed E-state index contributed by atoms with van der Waals surface area (Å²) >= 11 is 16.0. The van der Waals surface area contributed by atoms with E-state index in [0.29, 0.717) is 11.4 Å². The lowest BCUT2D eigenvalue weighted by Gasteiger charge is -2.33. The molecule has 1 aliphatic carbocycles. The molecule has 3 aromatic carbocycles. The van der Waals surface area contributed by atoms with Gasteiger partial charge in [-0.05, 0) is 60.7 Å². The van der Waals surface area contributed by atoms with E-state index in [1.54, 1.807) is 17.0 Å². The minimum Gasteiger partial charge on any atom is -0.352 e. The van der Waals surface area contributed by atoms with Gasteiger partial charge < -0.3 is 10.2 Å². The molecule has 43 heavy (non-hydrogen) atoms.